The molecule has 0 aliphatic carbocycles. The van der Waals surface area contributed by atoms with Crippen molar-refractivity contribution in [2.24, 2.45) is 0 Å². The molecule has 2 aromatic carbocycles. The van der Waals surface area contributed by atoms with Crippen LogP contribution >= 0.6 is 8.58 Å². The average Bonchev–Trinajstić information content (AvgIpc) is 3.08. The van der Waals surface area contributed by atoms with E-state index in [1.807, 2.05) is 19.1 Å². The standard InChI is InChI=1S/C23H22B3F2N2O3PS/c1-15-6-4-8-20-18(15)12-16(30(20)14-22(27,28)34-2)7-5-11-29-19-10-9-17(35(3,31)32)13-21(19)33-23(24,25)26/h4,6,8-10,12-13,29,34H,11,14H2,1-3H3. The Hall–Kier alpha value is -2.43. The zero-order valence-corrected chi connectivity index (χ0v) is 21.3. The van der Waals surface area contributed by atoms with Gasteiger partial charge in [-0.2, -0.15) is 0 Å². The lowest BCUT2D eigenvalue weighted by Gasteiger charge is -2.25. The van der Waals surface area contributed by atoms with E-state index in [1.54, 1.807) is 12.1 Å². The van der Waals surface area contributed by atoms with E-state index in [0.29, 0.717) is 16.9 Å². The fraction of sp³-hybridized carbons (Fsp3) is 0.304. The van der Waals surface area contributed by atoms with E-state index in [9.17, 15) is 17.2 Å². The Morgan fingerprint density at radius 1 is 1.17 bits per heavy atom. The zero-order chi connectivity index (χ0) is 26.0. The normalized spacial score (nSPS) is 12.6. The summed E-state index contributed by atoms with van der Waals surface area (Å²) >= 11 is 0. The van der Waals surface area contributed by atoms with Crippen molar-refractivity contribution >= 4 is 58.5 Å². The molecule has 6 radical (unpaired) electrons. The molecule has 0 aliphatic rings. The van der Waals surface area contributed by atoms with Crippen LogP contribution in [0, 0.1) is 18.8 Å². The number of aromatic nitrogens is 1. The molecule has 3 rings (SSSR count). The van der Waals surface area contributed by atoms with Crippen molar-refractivity contribution in [1.82, 2.24) is 4.57 Å². The maximum absolute atomic E-state index is 14.3. The molecule has 1 heterocycles. The molecule has 1 atom stereocenters. The van der Waals surface area contributed by atoms with Gasteiger partial charge < -0.3 is 14.6 Å². The molecule has 0 fully saturated rings. The molecule has 0 saturated heterocycles. The van der Waals surface area contributed by atoms with Crippen molar-refractivity contribution < 1.29 is 21.9 Å². The molecule has 0 spiro atoms. The van der Waals surface area contributed by atoms with Gasteiger partial charge in [0.05, 0.1) is 29.4 Å². The summed E-state index contributed by atoms with van der Waals surface area (Å²) in [7, 11) is 12.5. The van der Waals surface area contributed by atoms with E-state index < -0.39 is 35.9 Å². The maximum Gasteiger partial charge on any atom is 0.278 e. The van der Waals surface area contributed by atoms with Crippen LogP contribution in [0.25, 0.3) is 10.9 Å². The van der Waals surface area contributed by atoms with Crippen LogP contribution < -0.4 is 10.1 Å². The fourth-order valence-electron chi connectivity index (χ4n) is 3.41. The van der Waals surface area contributed by atoms with Crippen molar-refractivity contribution in [2.75, 3.05) is 24.8 Å². The summed E-state index contributed by atoms with van der Waals surface area (Å²) in [4.78, 5) is -0.00849. The minimum atomic E-state index is -3.52. The lowest BCUT2D eigenvalue weighted by Crippen LogP contribution is -2.37. The van der Waals surface area contributed by atoms with Crippen LogP contribution in [-0.4, -0.2) is 67.0 Å². The number of nitrogens with one attached hydrogen (secondary N) is 1. The Labute approximate surface area is 210 Å². The SMILES string of the molecule is [B]C([B])([B])Oc1cc(S(C)(=O)=O)ccc1NCC#Cc1cc2c(C)cccc2n1CC(F)(F)PC. The quantitative estimate of drug-likeness (QED) is 0.289. The van der Waals surface area contributed by atoms with Crippen molar-refractivity contribution in [3.8, 4) is 17.6 Å². The number of hydrogen-bond donors (Lipinski definition) is 1. The molecule has 0 aliphatic heterocycles. The highest BCUT2D eigenvalue weighted by molar-refractivity contribution is 7.90. The van der Waals surface area contributed by atoms with Gasteiger partial charge in [0.2, 0.25) is 0 Å². The molecule has 3 aromatic rings. The number of alkyl halides is 2. The number of aryl methyl sites for hydroxylation is 1. The smallest absolute Gasteiger partial charge is 0.278 e. The van der Waals surface area contributed by atoms with Crippen molar-refractivity contribution in [1.29, 1.82) is 0 Å². The summed E-state index contributed by atoms with van der Waals surface area (Å²) < 4.78 is 59.1. The molecular weight excluding hydrogens is 486 g/mol. The van der Waals surface area contributed by atoms with E-state index in [1.165, 1.54) is 29.4 Å². The monoisotopic (exact) mass is 508 g/mol. The topological polar surface area (TPSA) is 60.3 Å². The van der Waals surface area contributed by atoms with E-state index >= 15 is 0 Å². The fourth-order valence-corrected chi connectivity index (χ4v) is 4.37. The predicted octanol–water partition coefficient (Wildman–Crippen LogP) is 3.21. The number of benzene rings is 2. The third-order valence-corrected chi connectivity index (χ3v) is 7.14. The van der Waals surface area contributed by atoms with Gasteiger partial charge in [0.25, 0.3) is 5.66 Å². The minimum absolute atomic E-state index is 0.00849. The second-order valence-electron chi connectivity index (χ2n) is 8.12. The number of fused-ring (bicyclic) bond motifs is 1. The molecule has 0 saturated carbocycles. The van der Waals surface area contributed by atoms with Crippen LogP contribution in [0.2, 0.25) is 0 Å². The Bertz CT molecular complexity index is 1410. The lowest BCUT2D eigenvalue weighted by molar-refractivity contribution is 0.0825. The van der Waals surface area contributed by atoms with Gasteiger partial charge in [0.15, 0.2) is 9.84 Å². The molecule has 1 N–H and O–H groups in total. The summed E-state index contributed by atoms with van der Waals surface area (Å²) in [6.45, 7) is 3.01. The Balaban J connectivity index is 1.91. The van der Waals surface area contributed by atoms with Crippen LogP contribution in [0.3, 0.4) is 0 Å². The van der Waals surface area contributed by atoms with Gasteiger partial charge in [-0.05, 0) is 63.2 Å². The first kappa shape index (κ1) is 27.2. The number of nitrogens with zero attached hydrogens (tertiary/aromatic N) is 1. The van der Waals surface area contributed by atoms with Crippen LogP contribution in [0.15, 0.2) is 47.4 Å². The summed E-state index contributed by atoms with van der Waals surface area (Å²) in [5.41, 5.74) is -0.379. The van der Waals surface area contributed by atoms with Gasteiger partial charge in [-0.1, -0.05) is 18.1 Å². The van der Waals surface area contributed by atoms with Gasteiger partial charge in [0, 0.05) is 23.2 Å². The highest BCUT2D eigenvalue weighted by Gasteiger charge is 2.28. The summed E-state index contributed by atoms with van der Waals surface area (Å²) in [5.74, 6) is 5.90. The predicted molar refractivity (Wildman–Crippen MR) is 141 cm³/mol. The molecule has 176 valence electrons. The van der Waals surface area contributed by atoms with Gasteiger partial charge in [0.1, 0.15) is 29.3 Å². The highest BCUT2D eigenvalue weighted by Crippen LogP contribution is 2.36. The molecule has 1 unspecified atom stereocenters. The maximum atomic E-state index is 14.3. The first-order valence-corrected chi connectivity index (χ1v) is 13.9. The number of anilines is 1. The molecule has 35 heavy (non-hydrogen) atoms. The molecule has 12 heteroatoms. The Kier molecular flexibility index (Phi) is 7.98. The van der Waals surface area contributed by atoms with Crippen LogP contribution in [0.5, 0.6) is 5.75 Å². The second kappa shape index (κ2) is 10.3. The third kappa shape index (κ3) is 7.05. The number of rotatable bonds is 8. The molecular formula is C23H22B3F2N2O3PS. The number of halogens is 2. The largest absolute Gasteiger partial charge is 0.514 e. The van der Waals surface area contributed by atoms with E-state index in [-0.39, 0.29) is 17.2 Å². The molecule has 1 aromatic heterocycles. The summed E-state index contributed by atoms with van der Waals surface area (Å²) in [6, 6.07) is 11.5. The van der Waals surface area contributed by atoms with Gasteiger partial charge >= 0.3 is 0 Å². The first-order chi connectivity index (χ1) is 16.2. The Morgan fingerprint density at radius 3 is 2.51 bits per heavy atom. The van der Waals surface area contributed by atoms with Crippen LogP contribution in [0.1, 0.15) is 11.3 Å². The van der Waals surface area contributed by atoms with Crippen LogP contribution in [-0.2, 0) is 16.4 Å². The van der Waals surface area contributed by atoms with E-state index in [2.05, 4.69) is 17.2 Å². The molecule has 0 bridgehead atoms. The molecule has 5 nitrogen and oxygen atoms in total. The highest BCUT2D eigenvalue weighted by atomic mass is 32.2. The van der Waals surface area contributed by atoms with Gasteiger partial charge in [-0.25, -0.2) is 17.2 Å². The number of ether oxygens (including phenoxy) is 1. The number of sulfone groups is 1. The van der Waals surface area contributed by atoms with E-state index in [4.69, 9.17) is 28.3 Å². The number of hydrogen-bond acceptors (Lipinski definition) is 4. The third-order valence-electron chi connectivity index (χ3n) is 5.14. The zero-order valence-electron chi connectivity index (χ0n) is 19.5. The van der Waals surface area contributed by atoms with Crippen LogP contribution in [0.4, 0.5) is 14.5 Å². The van der Waals surface area contributed by atoms with Gasteiger partial charge in [-0.3, -0.25) is 0 Å². The van der Waals surface area contributed by atoms with Crippen molar-refractivity contribution in [2.45, 2.75) is 29.3 Å². The van der Waals surface area contributed by atoms with Crippen molar-refractivity contribution in [3.63, 3.8) is 0 Å². The first-order valence-electron chi connectivity index (χ1n) is 10.5. The van der Waals surface area contributed by atoms with Gasteiger partial charge in [-0.15, -0.1) is 0 Å². The Morgan fingerprint density at radius 2 is 1.89 bits per heavy atom. The second-order valence-corrected chi connectivity index (χ2v) is 11.4. The summed E-state index contributed by atoms with van der Waals surface area (Å²) in [6.07, 6.45) is 1.05. The average molecular weight is 508 g/mol. The van der Waals surface area contributed by atoms with Crippen molar-refractivity contribution in [3.05, 3.63) is 53.7 Å². The summed E-state index contributed by atoms with van der Waals surface area (Å²) in [5, 5.41) is 1.81. The lowest BCUT2D eigenvalue weighted by atomic mass is 9.52. The van der Waals surface area contributed by atoms with E-state index in [0.717, 1.165) is 17.2 Å². The molecule has 0 amide bonds. The minimum Gasteiger partial charge on any atom is -0.514 e.